The zero-order valence-electron chi connectivity index (χ0n) is 15.2. The standard InChI is InChI=1S/C19H25NO5/c1-5-16(21)14-6-7-17-15(10-14)20(19(23)13(4)25-17)11-18(22)24-9-8-12(2)3/h6-7,10,12-13H,5,8-9,11H2,1-4H3. The first-order valence-corrected chi connectivity index (χ1v) is 8.64. The molecule has 2 rings (SSSR count). The van der Waals surface area contributed by atoms with Gasteiger partial charge in [-0.1, -0.05) is 20.8 Å². The summed E-state index contributed by atoms with van der Waals surface area (Å²) in [7, 11) is 0. The van der Waals surface area contributed by atoms with Crippen LogP contribution in [-0.2, 0) is 14.3 Å². The molecule has 0 aliphatic carbocycles. The second-order valence-corrected chi connectivity index (χ2v) is 6.55. The van der Waals surface area contributed by atoms with Gasteiger partial charge in [-0.15, -0.1) is 0 Å². The number of nitrogens with zero attached hydrogens (tertiary/aromatic N) is 1. The fourth-order valence-corrected chi connectivity index (χ4v) is 2.53. The van der Waals surface area contributed by atoms with Gasteiger partial charge in [-0.3, -0.25) is 19.3 Å². The highest BCUT2D eigenvalue weighted by Crippen LogP contribution is 2.35. The van der Waals surface area contributed by atoms with Crippen molar-refractivity contribution in [1.82, 2.24) is 0 Å². The molecule has 0 spiro atoms. The molecule has 6 nitrogen and oxygen atoms in total. The van der Waals surface area contributed by atoms with Crippen LogP contribution in [0.5, 0.6) is 5.75 Å². The van der Waals surface area contributed by atoms with Crippen LogP contribution in [0.3, 0.4) is 0 Å². The Hall–Kier alpha value is -2.37. The monoisotopic (exact) mass is 347 g/mol. The largest absolute Gasteiger partial charge is 0.479 e. The van der Waals surface area contributed by atoms with Crippen molar-refractivity contribution in [3.8, 4) is 5.75 Å². The van der Waals surface area contributed by atoms with Crippen molar-refractivity contribution in [2.24, 2.45) is 5.92 Å². The number of rotatable bonds is 7. The number of anilines is 1. The smallest absolute Gasteiger partial charge is 0.326 e. The van der Waals surface area contributed by atoms with E-state index in [9.17, 15) is 14.4 Å². The molecule has 1 aromatic rings. The van der Waals surface area contributed by atoms with Crippen LogP contribution in [0.25, 0.3) is 0 Å². The third-order valence-corrected chi connectivity index (χ3v) is 4.06. The normalized spacial score (nSPS) is 16.4. The van der Waals surface area contributed by atoms with Crippen molar-refractivity contribution < 1.29 is 23.9 Å². The van der Waals surface area contributed by atoms with Gasteiger partial charge in [0.25, 0.3) is 5.91 Å². The molecule has 0 radical (unpaired) electrons. The summed E-state index contributed by atoms with van der Waals surface area (Å²) >= 11 is 0. The molecule has 0 N–H and O–H groups in total. The quantitative estimate of drug-likeness (QED) is 0.560. The van der Waals surface area contributed by atoms with E-state index < -0.39 is 12.1 Å². The molecular formula is C19H25NO5. The van der Waals surface area contributed by atoms with Gasteiger partial charge in [-0.05, 0) is 37.5 Å². The lowest BCUT2D eigenvalue weighted by molar-refractivity contribution is -0.143. The van der Waals surface area contributed by atoms with E-state index in [1.54, 1.807) is 32.0 Å². The van der Waals surface area contributed by atoms with Crippen LogP contribution in [0.4, 0.5) is 5.69 Å². The maximum absolute atomic E-state index is 12.5. The van der Waals surface area contributed by atoms with Crippen molar-refractivity contribution in [2.45, 2.75) is 46.6 Å². The number of hydrogen-bond acceptors (Lipinski definition) is 5. The summed E-state index contributed by atoms with van der Waals surface area (Å²) in [6.07, 6.45) is 0.440. The number of Topliss-reactive ketones (excluding diaryl/α,β-unsaturated/α-hetero) is 1. The minimum atomic E-state index is -0.691. The number of hydrogen-bond donors (Lipinski definition) is 0. The van der Waals surface area contributed by atoms with E-state index >= 15 is 0 Å². The summed E-state index contributed by atoms with van der Waals surface area (Å²) in [5.41, 5.74) is 0.925. The summed E-state index contributed by atoms with van der Waals surface area (Å²) in [6.45, 7) is 7.63. The number of ether oxygens (including phenoxy) is 2. The number of carbonyl (C=O) groups excluding carboxylic acids is 3. The van der Waals surface area contributed by atoms with Crippen molar-refractivity contribution in [3.05, 3.63) is 23.8 Å². The second kappa shape index (κ2) is 8.14. The Morgan fingerprint density at radius 3 is 2.68 bits per heavy atom. The maximum Gasteiger partial charge on any atom is 0.326 e. The van der Waals surface area contributed by atoms with Gasteiger partial charge in [0.15, 0.2) is 11.9 Å². The molecular weight excluding hydrogens is 322 g/mol. The number of fused-ring (bicyclic) bond motifs is 1. The Morgan fingerprint density at radius 2 is 2.04 bits per heavy atom. The van der Waals surface area contributed by atoms with Crippen LogP contribution in [-0.4, -0.2) is 36.9 Å². The Balaban J connectivity index is 2.20. The predicted molar refractivity (Wildman–Crippen MR) is 93.9 cm³/mol. The molecule has 1 heterocycles. The molecule has 1 atom stereocenters. The van der Waals surface area contributed by atoms with E-state index in [0.717, 1.165) is 6.42 Å². The van der Waals surface area contributed by atoms with E-state index in [-0.39, 0.29) is 18.2 Å². The summed E-state index contributed by atoms with van der Waals surface area (Å²) in [4.78, 5) is 37.9. The molecule has 1 amide bonds. The summed E-state index contributed by atoms with van der Waals surface area (Å²) in [5.74, 6) is 0.0833. The molecule has 136 valence electrons. The van der Waals surface area contributed by atoms with Crippen molar-refractivity contribution in [1.29, 1.82) is 0 Å². The second-order valence-electron chi connectivity index (χ2n) is 6.55. The van der Waals surface area contributed by atoms with Crippen molar-refractivity contribution >= 4 is 23.3 Å². The summed E-state index contributed by atoms with van der Waals surface area (Å²) < 4.78 is 10.8. The summed E-state index contributed by atoms with van der Waals surface area (Å²) in [6, 6.07) is 4.94. The lowest BCUT2D eigenvalue weighted by Gasteiger charge is -2.32. The highest BCUT2D eigenvalue weighted by molar-refractivity contribution is 6.05. The lowest BCUT2D eigenvalue weighted by atomic mass is 10.1. The zero-order valence-corrected chi connectivity index (χ0v) is 15.2. The van der Waals surface area contributed by atoms with E-state index in [0.29, 0.717) is 35.9 Å². The molecule has 25 heavy (non-hydrogen) atoms. The highest BCUT2D eigenvalue weighted by Gasteiger charge is 2.33. The molecule has 0 fully saturated rings. The minimum Gasteiger partial charge on any atom is -0.479 e. The van der Waals surface area contributed by atoms with E-state index in [4.69, 9.17) is 9.47 Å². The number of benzene rings is 1. The molecule has 1 aliphatic rings. The Kier molecular flexibility index (Phi) is 6.17. The fourth-order valence-electron chi connectivity index (χ4n) is 2.53. The molecule has 1 aromatic carbocycles. The van der Waals surface area contributed by atoms with Gasteiger partial charge in [-0.25, -0.2) is 0 Å². The molecule has 0 saturated carbocycles. The van der Waals surface area contributed by atoms with Crippen LogP contribution in [0, 0.1) is 5.92 Å². The van der Waals surface area contributed by atoms with Crippen LogP contribution >= 0.6 is 0 Å². The van der Waals surface area contributed by atoms with Gasteiger partial charge in [0.05, 0.1) is 12.3 Å². The fraction of sp³-hybridized carbons (Fsp3) is 0.526. The highest BCUT2D eigenvalue weighted by atomic mass is 16.5. The van der Waals surface area contributed by atoms with E-state index in [1.165, 1.54) is 4.90 Å². The average molecular weight is 347 g/mol. The number of carbonyl (C=O) groups is 3. The molecule has 0 saturated heterocycles. The van der Waals surface area contributed by atoms with Crippen LogP contribution in [0.2, 0.25) is 0 Å². The topological polar surface area (TPSA) is 72.9 Å². The number of esters is 1. The van der Waals surface area contributed by atoms with Crippen LogP contribution in [0.15, 0.2) is 18.2 Å². The number of amides is 1. The first-order valence-electron chi connectivity index (χ1n) is 8.64. The van der Waals surface area contributed by atoms with Gasteiger partial charge in [0, 0.05) is 12.0 Å². The molecule has 0 aromatic heterocycles. The van der Waals surface area contributed by atoms with Crippen LogP contribution < -0.4 is 9.64 Å². The van der Waals surface area contributed by atoms with Crippen molar-refractivity contribution in [3.63, 3.8) is 0 Å². The molecule has 6 heteroatoms. The van der Waals surface area contributed by atoms with Crippen molar-refractivity contribution in [2.75, 3.05) is 18.1 Å². The maximum atomic E-state index is 12.5. The molecule has 1 unspecified atom stereocenters. The first-order chi connectivity index (χ1) is 11.8. The van der Waals surface area contributed by atoms with Gasteiger partial charge in [-0.2, -0.15) is 0 Å². The van der Waals surface area contributed by atoms with Gasteiger partial charge < -0.3 is 9.47 Å². The third-order valence-electron chi connectivity index (χ3n) is 4.06. The third kappa shape index (κ3) is 4.59. The zero-order chi connectivity index (χ0) is 18.6. The Labute approximate surface area is 148 Å². The Morgan fingerprint density at radius 1 is 1.32 bits per heavy atom. The van der Waals surface area contributed by atoms with E-state index in [1.807, 2.05) is 13.8 Å². The van der Waals surface area contributed by atoms with E-state index in [2.05, 4.69) is 0 Å². The van der Waals surface area contributed by atoms with Gasteiger partial charge in [0.1, 0.15) is 12.3 Å². The predicted octanol–water partition coefficient (Wildman–Crippen LogP) is 2.98. The van der Waals surface area contributed by atoms with Gasteiger partial charge >= 0.3 is 5.97 Å². The number of ketones is 1. The van der Waals surface area contributed by atoms with Gasteiger partial charge in [0.2, 0.25) is 0 Å². The minimum absolute atomic E-state index is 0.0340. The Bertz CT molecular complexity index is 668. The SMILES string of the molecule is CCC(=O)c1ccc2c(c1)N(CC(=O)OCCC(C)C)C(=O)C(C)O2. The summed E-state index contributed by atoms with van der Waals surface area (Å²) in [5, 5.41) is 0. The first kappa shape index (κ1) is 19.0. The van der Waals surface area contributed by atoms with Crippen LogP contribution in [0.1, 0.15) is 50.9 Å². The molecule has 0 bridgehead atoms. The lowest BCUT2D eigenvalue weighted by Crippen LogP contribution is -2.47. The average Bonchev–Trinajstić information content (AvgIpc) is 2.57. The molecule has 1 aliphatic heterocycles.